The molecule has 3 nitrogen and oxygen atoms in total. The fourth-order valence-electron chi connectivity index (χ4n) is 1.59. The average Bonchev–Trinajstić information content (AvgIpc) is 2.61. The van der Waals surface area contributed by atoms with Crippen LogP contribution in [-0.4, -0.2) is 11.5 Å². The Hall–Kier alpha value is -1.05. The summed E-state index contributed by atoms with van der Waals surface area (Å²) in [7, 11) is 2.25. The van der Waals surface area contributed by atoms with Gasteiger partial charge in [0.05, 0.1) is 9.47 Å². The van der Waals surface area contributed by atoms with Gasteiger partial charge < -0.3 is 15.2 Å². The molecule has 1 aromatic carbocycles. The molecule has 0 amide bonds. The SMILES string of the molecule is NCCc1c[nH]c2ccc(OP)cc12. The standard InChI is InChI=1S/C10H13N2OP/c11-4-3-7-6-12-10-2-1-8(13-14)5-9(7)10/h1-2,5-6,12H,3-4,11,14H2. The number of aromatic amines is 1. The molecule has 0 aliphatic carbocycles. The van der Waals surface area contributed by atoms with Crippen molar-refractivity contribution in [3.63, 3.8) is 0 Å². The van der Waals surface area contributed by atoms with E-state index in [1.165, 1.54) is 10.9 Å². The van der Waals surface area contributed by atoms with Gasteiger partial charge in [0.1, 0.15) is 5.75 Å². The first kappa shape index (κ1) is 9.50. The highest BCUT2D eigenvalue weighted by Gasteiger charge is 2.03. The van der Waals surface area contributed by atoms with Gasteiger partial charge in [0.25, 0.3) is 0 Å². The van der Waals surface area contributed by atoms with Gasteiger partial charge in [-0.05, 0) is 36.7 Å². The van der Waals surface area contributed by atoms with E-state index in [2.05, 4.69) is 14.5 Å². The predicted molar refractivity (Wildman–Crippen MR) is 61.4 cm³/mol. The van der Waals surface area contributed by atoms with Crippen LogP contribution >= 0.6 is 9.47 Å². The van der Waals surface area contributed by atoms with Crippen LogP contribution in [0.25, 0.3) is 10.9 Å². The van der Waals surface area contributed by atoms with Crippen molar-refractivity contribution in [2.24, 2.45) is 5.73 Å². The lowest BCUT2D eigenvalue weighted by Gasteiger charge is -2.00. The van der Waals surface area contributed by atoms with Crippen LogP contribution in [0.15, 0.2) is 24.4 Å². The molecule has 0 saturated heterocycles. The Bertz CT molecular complexity index is 439. The summed E-state index contributed by atoms with van der Waals surface area (Å²) in [6.07, 6.45) is 2.89. The van der Waals surface area contributed by atoms with Crippen LogP contribution in [0.5, 0.6) is 5.75 Å². The summed E-state index contributed by atoms with van der Waals surface area (Å²) in [4.78, 5) is 3.21. The second-order valence-corrected chi connectivity index (χ2v) is 3.41. The van der Waals surface area contributed by atoms with Crippen molar-refractivity contribution in [2.45, 2.75) is 6.42 Å². The lowest BCUT2D eigenvalue weighted by molar-refractivity contribution is 0.647. The van der Waals surface area contributed by atoms with E-state index in [-0.39, 0.29) is 0 Å². The molecule has 0 radical (unpaired) electrons. The van der Waals surface area contributed by atoms with E-state index in [0.717, 1.165) is 17.7 Å². The molecule has 0 fully saturated rings. The summed E-state index contributed by atoms with van der Waals surface area (Å²) >= 11 is 0. The fourth-order valence-corrected chi connectivity index (χ4v) is 1.74. The van der Waals surface area contributed by atoms with Gasteiger partial charge in [-0.25, -0.2) is 0 Å². The van der Waals surface area contributed by atoms with Crippen molar-refractivity contribution in [3.05, 3.63) is 30.0 Å². The van der Waals surface area contributed by atoms with Crippen LogP contribution in [-0.2, 0) is 6.42 Å². The van der Waals surface area contributed by atoms with Crippen LogP contribution < -0.4 is 10.3 Å². The van der Waals surface area contributed by atoms with Crippen LogP contribution in [0, 0.1) is 0 Å². The third kappa shape index (κ3) is 1.61. The number of fused-ring (bicyclic) bond motifs is 1. The number of benzene rings is 1. The quantitative estimate of drug-likeness (QED) is 0.756. The first-order valence-corrected chi connectivity index (χ1v) is 4.99. The van der Waals surface area contributed by atoms with E-state index in [4.69, 9.17) is 10.3 Å². The zero-order valence-electron chi connectivity index (χ0n) is 7.79. The summed E-state index contributed by atoms with van der Waals surface area (Å²) in [5.41, 5.74) is 7.90. The molecule has 0 aliphatic rings. The summed E-state index contributed by atoms with van der Waals surface area (Å²) in [5, 5.41) is 1.19. The second-order valence-electron chi connectivity index (χ2n) is 3.18. The molecule has 3 N–H and O–H groups in total. The molecule has 1 unspecified atom stereocenters. The maximum absolute atomic E-state index is 5.53. The van der Waals surface area contributed by atoms with Crippen molar-refractivity contribution in [3.8, 4) is 5.75 Å². The first-order valence-electron chi connectivity index (χ1n) is 4.52. The number of hydrogen-bond acceptors (Lipinski definition) is 2. The summed E-state index contributed by atoms with van der Waals surface area (Å²) in [6.45, 7) is 0.666. The van der Waals surface area contributed by atoms with Gasteiger partial charge in [0, 0.05) is 17.1 Å². The minimum Gasteiger partial charge on any atom is -0.480 e. The highest BCUT2D eigenvalue weighted by molar-refractivity contribution is 7.10. The number of nitrogens with one attached hydrogen (secondary N) is 1. The maximum atomic E-state index is 5.53. The van der Waals surface area contributed by atoms with Crippen LogP contribution in [0.4, 0.5) is 0 Å². The van der Waals surface area contributed by atoms with Crippen LogP contribution in [0.3, 0.4) is 0 Å². The molecule has 1 atom stereocenters. The van der Waals surface area contributed by atoms with Gasteiger partial charge >= 0.3 is 0 Å². The Morgan fingerprint density at radius 2 is 2.29 bits per heavy atom. The third-order valence-electron chi connectivity index (χ3n) is 2.29. The second kappa shape index (κ2) is 3.99. The molecular formula is C10H13N2OP. The number of rotatable bonds is 3. The normalized spacial score (nSPS) is 10.7. The summed E-state index contributed by atoms with van der Waals surface area (Å²) in [6, 6.07) is 5.95. The Labute approximate surface area is 84.9 Å². The van der Waals surface area contributed by atoms with Gasteiger partial charge in [0.15, 0.2) is 0 Å². The highest BCUT2D eigenvalue weighted by atomic mass is 31.0. The van der Waals surface area contributed by atoms with E-state index in [9.17, 15) is 0 Å². The lowest BCUT2D eigenvalue weighted by Crippen LogP contribution is -2.01. The molecule has 2 rings (SSSR count). The van der Waals surface area contributed by atoms with Gasteiger partial charge in [-0.3, -0.25) is 0 Å². The molecule has 0 bridgehead atoms. The zero-order chi connectivity index (χ0) is 9.97. The third-order valence-corrected chi connectivity index (χ3v) is 2.56. The predicted octanol–water partition coefficient (Wildman–Crippen LogP) is 1.84. The average molecular weight is 208 g/mol. The van der Waals surface area contributed by atoms with Crippen molar-refractivity contribution >= 4 is 20.4 Å². The largest absolute Gasteiger partial charge is 0.480 e. The Morgan fingerprint density at radius 1 is 1.43 bits per heavy atom. The first-order chi connectivity index (χ1) is 6.85. The van der Waals surface area contributed by atoms with E-state index in [0.29, 0.717) is 6.54 Å². The Kier molecular flexibility index (Phi) is 2.71. The molecule has 0 spiro atoms. The zero-order valence-corrected chi connectivity index (χ0v) is 8.94. The molecule has 2 aromatic rings. The molecular weight excluding hydrogens is 195 g/mol. The van der Waals surface area contributed by atoms with Gasteiger partial charge in [-0.1, -0.05) is 0 Å². The molecule has 0 aliphatic heterocycles. The fraction of sp³-hybridized carbons (Fsp3) is 0.200. The van der Waals surface area contributed by atoms with Gasteiger partial charge in [-0.15, -0.1) is 0 Å². The molecule has 1 heterocycles. The summed E-state index contributed by atoms with van der Waals surface area (Å²) in [5.74, 6) is 0.848. The van der Waals surface area contributed by atoms with Crippen molar-refractivity contribution in [1.82, 2.24) is 4.98 Å². The minimum atomic E-state index is 0.666. The van der Waals surface area contributed by atoms with E-state index in [1.807, 2.05) is 24.4 Å². The van der Waals surface area contributed by atoms with E-state index >= 15 is 0 Å². The van der Waals surface area contributed by atoms with E-state index in [1.54, 1.807) is 0 Å². The number of hydrogen-bond donors (Lipinski definition) is 2. The molecule has 1 aromatic heterocycles. The Balaban J connectivity index is 2.52. The highest BCUT2D eigenvalue weighted by Crippen LogP contribution is 2.24. The molecule has 74 valence electrons. The monoisotopic (exact) mass is 208 g/mol. The van der Waals surface area contributed by atoms with Crippen molar-refractivity contribution in [2.75, 3.05) is 6.54 Å². The Morgan fingerprint density at radius 3 is 3.00 bits per heavy atom. The van der Waals surface area contributed by atoms with Crippen molar-refractivity contribution in [1.29, 1.82) is 0 Å². The van der Waals surface area contributed by atoms with Gasteiger partial charge in [-0.2, -0.15) is 0 Å². The number of H-pyrrole nitrogens is 1. The van der Waals surface area contributed by atoms with Crippen molar-refractivity contribution < 1.29 is 4.52 Å². The molecule has 0 saturated carbocycles. The molecule has 4 heteroatoms. The maximum Gasteiger partial charge on any atom is 0.123 e. The minimum absolute atomic E-state index is 0.666. The smallest absolute Gasteiger partial charge is 0.123 e. The molecule has 14 heavy (non-hydrogen) atoms. The van der Waals surface area contributed by atoms with Gasteiger partial charge in [0.2, 0.25) is 0 Å². The topological polar surface area (TPSA) is 51.0 Å². The number of aromatic nitrogens is 1. The summed E-state index contributed by atoms with van der Waals surface area (Å²) < 4.78 is 5.10. The van der Waals surface area contributed by atoms with Crippen LogP contribution in [0.1, 0.15) is 5.56 Å². The van der Waals surface area contributed by atoms with E-state index < -0.39 is 0 Å². The number of nitrogens with two attached hydrogens (primary N) is 1. The van der Waals surface area contributed by atoms with Crippen LogP contribution in [0.2, 0.25) is 0 Å². The lowest BCUT2D eigenvalue weighted by atomic mass is 10.1.